The minimum atomic E-state index is 0.0446. The van der Waals surface area contributed by atoms with Gasteiger partial charge in [-0.3, -0.25) is 0 Å². The molecule has 4 nitrogen and oxygen atoms in total. The van der Waals surface area contributed by atoms with Crippen LogP contribution in [0.4, 0.5) is 0 Å². The van der Waals surface area contributed by atoms with E-state index in [0.29, 0.717) is 19.8 Å². The van der Waals surface area contributed by atoms with Crippen molar-refractivity contribution in [2.75, 3.05) is 19.8 Å². The Kier molecular flexibility index (Phi) is 8.55. The number of ether oxygens (including phenoxy) is 2. The molecule has 4 aromatic rings. The fraction of sp³-hybridized carbons (Fsp3) is 0.226. The van der Waals surface area contributed by atoms with Crippen molar-refractivity contribution in [3.63, 3.8) is 0 Å². The zero-order valence-electron chi connectivity index (χ0n) is 20.1. The number of hydrogen-bond acceptors (Lipinski definition) is 4. The number of phenols is 2. The predicted octanol–water partition coefficient (Wildman–Crippen LogP) is 6.64. The molecule has 4 aromatic carbocycles. The van der Waals surface area contributed by atoms with Crippen LogP contribution in [-0.2, 0) is 22.3 Å². The Bertz CT molecular complexity index is 1160. The molecule has 0 aliphatic rings. The van der Waals surface area contributed by atoms with Gasteiger partial charge in [-0.05, 0) is 77.4 Å². The van der Waals surface area contributed by atoms with E-state index in [1.807, 2.05) is 31.2 Å². The topological polar surface area (TPSA) is 58.9 Å². The van der Waals surface area contributed by atoms with E-state index < -0.39 is 0 Å². The number of phenolic OH excluding ortho intramolecular Hbond substituents is 2. The fourth-order valence-corrected chi connectivity index (χ4v) is 3.90. The number of rotatable bonds is 11. The Hall–Kier alpha value is -3.60. The van der Waals surface area contributed by atoms with Crippen molar-refractivity contribution in [3.8, 4) is 33.8 Å². The minimum absolute atomic E-state index is 0.0446. The summed E-state index contributed by atoms with van der Waals surface area (Å²) >= 11 is 0. The van der Waals surface area contributed by atoms with Gasteiger partial charge in [-0.15, -0.1) is 0 Å². The summed E-state index contributed by atoms with van der Waals surface area (Å²) in [7, 11) is 0. The van der Waals surface area contributed by atoms with Gasteiger partial charge in [0.2, 0.25) is 0 Å². The van der Waals surface area contributed by atoms with Gasteiger partial charge in [0.05, 0.1) is 25.9 Å². The molecule has 0 aliphatic heterocycles. The molecule has 0 radical (unpaired) electrons. The fourth-order valence-electron chi connectivity index (χ4n) is 3.90. The predicted molar refractivity (Wildman–Crippen MR) is 141 cm³/mol. The second-order valence-corrected chi connectivity index (χ2v) is 8.74. The highest BCUT2D eigenvalue weighted by atomic mass is 16.5. The van der Waals surface area contributed by atoms with Crippen molar-refractivity contribution in [1.29, 1.82) is 0 Å². The van der Waals surface area contributed by atoms with E-state index in [-0.39, 0.29) is 17.6 Å². The summed E-state index contributed by atoms with van der Waals surface area (Å²) in [5.41, 5.74) is 6.90. The van der Waals surface area contributed by atoms with Crippen LogP contribution in [0, 0.1) is 0 Å². The van der Waals surface area contributed by atoms with Crippen molar-refractivity contribution < 1.29 is 19.7 Å². The highest BCUT2D eigenvalue weighted by Gasteiger charge is 2.05. The Labute approximate surface area is 207 Å². The first-order chi connectivity index (χ1) is 17.1. The second kappa shape index (κ2) is 12.2. The monoisotopic (exact) mass is 468 g/mol. The molecule has 0 saturated carbocycles. The molecule has 0 heterocycles. The average molecular weight is 469 g/mol. The van der Waals surface area contributed by atoms with Crippen molar-refractivity contribution in [3.05, 3.63) is 108 Å². The molecule has 180 valence electrons. The van der Waals surface area contributed by atoms with E-state index in [1.54, 1.807) is 24.3 Å². The molecule has 0 aliphatic carbocycles. The van der Waals surface area contributed by atoms with Crippen LogP contribution in [0.15, 0.2) is 97.1 Å². The molecule has 4 rings (SSSR count). The van der Waals surface area contributed by atoms with Crippen LogP contribution in [0.5, 0.6) is 11.5 Å². The van der Waals surface area contributed by atoms with E-state index >= 15 is 0 Å². The lowest BCUT2D eigenvalue weighted by Crippen LogP contribution is -2.18. The van der Waals surface area contributed by atoms with E-state index in [1.165, 1.54) is 11.1 Å². The summed E-state index contributed by atoms with van der Waals surface area (Å²) in [6.45, 7) is 3.93. The zero-order valence-corrected chi connectivity index (χ0v) is 20.1. The first-order valence-corrected chi connectivity index (χ1v) is 12.0. The van der Waals surface area contributed by atoms with Gasteiger partial charge in [0, 0.05) is 0 Å². The molecule has 0 bridgehead atoms. The van der Waals surface area contributed by atoms with E-state index in [9.17, 15) is 10.2 Å². The second-order valence-electron chi connectivity index (χ2n) is 8.74. The van der Waals surface area contributed by atoms with E-state index in [4.69, 9.17) is 9.47 Å². The SMILES string of the molecule is CC(COCCc1ccc(-c2ccc(O)cc2)cc1)OCCc1ccc(-c2ccc(O)cc2)cc1. The Morgan fingerprint density at radius 2 is 0.914 bits per heavy atom. The van der Waals surface area contributed by atoms with Crippen molar-refractivity contribution in [2.24, 2.45) is 0 Å². The third kappa shape index (κ3) is 7.44. The lowest BCUT2D eigenvalue weighted by Gasteiger charge is -2.14. The summed E-state index contributed by atoms with van der Waals surface area (Å²) < 4.78 is 11.8. The molecular weight excluding hydrogens is 436 g/mol. The molecule has 2 N–H and O–H groups in total. The molecule has 1 unspecified atom stereocenters. The molecule has 1 atom stereocenters. The van der Waals surface area contributed by atoms with Gasteiger partial charge in [0.1, 0.15) is 11.5 Å². The minimum Gasteiger partial charge on any atom is -0.508 e. The lowest BCUT2D eigenvalue weighted by atomic mass is 10.0. The third-order valence-corrected chi connectivity index (χ3v) is 5.99. The van der Waals surface area contributed by atoms with Crippen LogP contribution in [-0.4, -0.2) is 36.1 Å². The van der Waals surface area contributed by atoms with Gasteiger partial charge in [0.15, 0.2) is 0 Å². The highest BCUT2D eigenvalue weighted by Crippen LogP contribution is 2.23. The standard InChI is InChI=1S/C31H32O4/c1-23(35-21-19-25-4-8-27(9-5-25)29-12-16-31(33)17-13-29)22-34-20-18-24-2-6-26(7-3-24)28-10-14-30(32)15-11-28/h2-17,23,32-33H,18-22H2,1H3. The normalized spacial score (nSPS) is 11.9. The number of aromatic hydroxyl groups is 2. The first kappa shape index (κ1) is 24.5. The first-order valence-electron chi connectivity index (χ1n) is 12.0. The van der Waals surface area contributed by atoms with Crippen molar-refractivity contribution >= 4 is 0 Å². The number of hydrogen-bond donors (Lipinski definition) is 2. The van der Waals surface area contributed by atoms with Crippen LogP contribution in [0.1, 0.15) is 18.1 Å². The largest absolute Gasteiger partial charge is 0.508 e. The summed E-state index contributed by atoms with van der Waals surface area (Å²) in [4.78, 5) is 0. The summed E-state index contributed by atoms with van der Waals surface area (Å²) in [5, 5.41) is 18.9. The summed E-state index contributed by atoms with van der Waals surface area (Å²) in [6, 6.07) is 31.4. The molecule has 35 heavy (non-hydrogen) atoms. The van der Waals surface area contributed by atoms with Crippen LogP contribution in [0.3, 0.4) is 0 Å². The Morgan fingerprint density at radius 1 is 0.543 bits per heavy atom. The van der Waals surface area contributed by atoms with Gasteiger partial charge in [-0.1, -0.05) is 72.8 Å². The van der Waals surface area contributed by atoms with Gasteiger partial charge in [-0.2, -0.15) is 0 Å². The lowest BCUT2D eigenvalue weighted by molar-refractivity contribution is -0.00466. The quantitative estimate of drug-likeness (QED) is 0.242. The molecular formula is C31H32O4. The van der Waals surface area contributed by atoms with Crippen LogP contribution in [0.2, 0.25) is 0 Å². The zero-order chi connectivity index (χ0) is 24.5. The molecule has 0 aromatic heterocycles. The Balaban J connectivity index is 1.12. The maximum Gasteiger partial charge on any atom is 0.115 e. The molecule has 0 fully saturated rings. The van der Waals surface area contributed by atoms with Crippen LogP contribution >= 0.6 is 0 Å². The molecule has 4 heteroatoms. The van der Waals surface area contributed by atoms with Crippen molar-refractivity contribution in [2.45, 2.75) is 25.9 Å². The van der Waals surface area contributed by atoms with E-state index in [2.05, 4.69) is 48.5 Å². The van der Waals surface area contributed by atoms with Crippen LogP contribution < -0.4 is 0 Å². The van der Waals surface area contributed by atoms with Crippen molar-refractivity contribution in [1.82, 2.24) is 0 Å². The van der Waals surface area contributed by atoms with Gasteiger partial charge in [-0.25, -0.2) is 0 Å². The highest BCUT2D eigenvalue weighted by molar-refractivity contribution is 5.65. The average Bonchev–Trinajstić information content (AvgIpc) is 2.88. The molecule has 0 saturated heterocycles. The summed E-state index contributed by atoms with van der Waals surface area (Å²) in [6.07, 6.45) is 1.76. The molecule has 0 spiro atoms. The third-order valence-electron chi connectivity index (χ3n) is 5.99. The Morgan fingerprint density at radius 3 is 1.34 bits per heavy atom. The molecule has 0 amide bonds. The van der Waals surface area contributed by atoms with Crippen LogP contribution in [0.25, 0.3) is 22.3 Å². The smallest absolute Gasteiger partial charge is 0.115 e. The maximum absolute atomic E-state index is 9.43. The van der Waals surface area contributed by atoms with Gasteiger partial charge < -0.3 is 19.7 Å². The van der Waals surface area contributed by atoms with Gasteiger partial charge in [0.25, 0.3) is 0 Å². The summed E-state index contributed by atoms with van der Waals surface area (Å²) in [5.74, 6) is 0.558. The van der Waals surface area contributed by atoms with E-state index in [0.717, 1.165) is 35.1 Å². The number of benzene rings is 4. The maximum atomic E-state index is 9.43. The van der Waals surface area contributed by atoms with Gasteiger partial charge >= 0.3 is 0 Å².